The first-order chi connectivity index (χ1) is 9.52. The Morgan fingerprint density at radius 3 is 2.80 bits per heavy atom. The number of ether oxygens (including phenoxy) is 1. The van der Waals surface area contributed by atoms with Gasteiger partial charge in [0, 0.05) is 17.5 Å². The SMILES string of the molecule is CCc1nc(C)ccc1Oc1nccc(C(=N)N)c1Cl. The Morgan fingerprint density at radius 2 is 2.15 bits per heavy atom. The second kappa shape index (κ2) is 5.88. The number of nitrogens with zero attached hydrogens (tertiary/aromatic N) is 2. The lowest BCUT2D eigenvalue weighted by molar-refractivity contribution is 0.454. The van der Waals surface area contributed by atoms with Crippen LogP contribution in [0.15, 0.2) is 24.4 Å². The van der Waals surface area contributed by atoms with E-state index in [1.165, 1.54) is 6.20 Å². The normalized spacial score (nSPS) is 10.3. The molecule has 0 bridgehead atoms. The van der Waals surface area contributed by atoms with Crippen LogP contribution in [0.1, 0.15) is 23.9 Å². The van der Waals surface area contributed by atoms with Gasteiger partial charge in [0.1, 0.15) is 10.9 Å². The molecule has 0 amide bonds. The number of aromatic nitrogens is 2. The minimum absolute atomic E-state index is 0.125. The predicted molar refractivity (Wildman–Crippen MR) is 78.7 cm³/mol. The highest BCUT2D eigenvalue weighted by Crippen LogP contribution is 2.31. The summed E-state index contributed by atoms with van der Waals surface area (Å²) in [5.41, 5.74) is 7.61. The van der Waals surface area contributed by atoms with E-state index in [0.29, 0.717) is 11.3 Å². The monoisotopic (exact) mass is 290 g/mol. The van der Waals surface area contributed by atoms with Crippen LogP contribution in [-0.4, -0.2) is 15.8 Å². The van der Waals surface area contributed by atoms with E-state index in [1.54, 1.807) is 6.07 Å². The Bertz CT molecular complexity index is 658. The Balaban J connectivity index is 2.40. The van der Waals surface area contributed by atoms with E-state index >= 15 is 0 Å². The molecule has 0 aliphatic rings. The molecule has 2 rings (SSSR count). The number of hydrogen-bond donors (Lipinski definition) is 2. The lowest BCUT2D eigenvalue weighted by Gasteiger charge is -2.11. The van der Waals surface area contributed by atoms with Gasteiger partial charge in [0.15, 0.2) is 5.75 Å². The van der Waals surface area contributed by atoms with Crippen molar-refractivity contribution in [3.05, 3.63) is 46.4 Å². The fourth-order valence-corrected chi connectivity index (χ4v) is 2.00. The topological polar surface area (TPSA) is 84.9 Å². The maximum absolute atomic E-state index is 7.46. The van der Waals surface area contributed by atoms with Crippen molar-refractivity contribution in [1.82, 2.24) is 9.97 Å². The second-order valence-electron chi connectivity index (χ2n) is 4.24. The number of nitrogens with one attached hydrogen (secondary N) is 1. The van der Waals surface area contributed by atoms with Crippen LogP contribution in [-0.2, 0) is 6.42 Å². The number of halogens is 1. The molecule has 2 aromatic heterocycles. The molecule has 0 unspecified atom stereocenters. The minimum Gasteiger partial charge on any atom is -0.436 e. The molecule has 3 N–H and O–H groups in total. The van der Waals surface area contributed by atoms with E-state index in [0.717, 1.165) is 17.8 Å². The van der Waals surface area contributed by atoms with Crippen molar-refractivity contribution in [2.75, 3.05) is 0 Å². The molecule has 2 aromatic rings. The van der Waals surface area contributed by atoms with Crippen LogP contribution >= 0.6 is 11.6 Å². The summed E-state index contributed by atoms with van der Waals surface area (Å²) < 4.78 is 5.72. The smallest absolute Gasteiger partial charge is 0.238 e. The number of nitrogens with two attached hydrogens (primary N) is 1. The maximum Gasteiger partial charge on any atom is 0.238 e. The highest BCUT2D eigenvalue weighted by atomic mass is 35.5. The highest BCUT2D eigenvalue weighted by Gasteiger charge is 2.13. The fraction of sp³-hybridized carbons (Fsp3) is 0.214. The first-order valence-corrected chi connectivity index (χ1v) is 6.54. The molecule has 0 atom stereocenters. The molecule has 2 heterocycles. The second-order valence-corrected chi connectivity index (χ2v) is 4.62. The van der Waals surface area contributed by atoms with E-state index in [1.807, 2.05) is 26.0 Å². The molecule has 6 heteroatoms. The van der Waals surface area contributed by atoms with Gasteiger partial charge in [-0.1, -0.05) is 18.5 Å². The van der Waals surface area contributed by atoms with Gasteiger partial charge in [0.05, 0.1) is 5.69 Å². The first-order valence-electron chi connectivity index (χ1n) is 6.16. The van der Waals surface area contributed by atoms with Gasteiger partial charge >= 0.3 is 0 Å². The fourth-order valence-electron chi connectivity index (χ4n) is 1.75. The summed E-state index contributed by atoms with van der Waals surface area (Å²) in [6.45, 7) is 3.92. The summed E-state index contributed by atoms with van der Waals surface area (Å²) in [7, 11) is 0. The summed E-state index contributed by atoms with van der Waals surface area (Å²) in [5, 5.41) is 7.68. The zero-order valence-corrected chi connectivity index (χ0v) is 12.0. The quantitative estimate of drug-likeness (QED) is 0.669. The van der Waals surface area contributed by atoms with E-state index in [4.69, 9.17) is 27.5 Å². The third-order valence-corrected chi connectivity index (χ3v) is 3.13. The maximum atomic E-state index is 7.46. The average molecular weight is 291 g/mol. The molecule has 0 spiro atoms. The predicted octanol–water partition coefficient (Wildman–Crippen LogP) is 3.08. The van der Waals surface area contributed by atoms with Crippen LogP contribution in [0.4, 0.5) is 0 Å². The molecule has 0 aliphatic heterocycles. The van der Waals surface area contributed by atoms with E-state index < -0.39 is 0 Å². The number of aryl methyl sites for hydroxylation is 2. The van der Waals surface area contributed by atoms with Crippen LogP contribution in [0.3, 0.4) is 0 Å². The van der Waals surface area contributed by atoms with Gasteiger partial charge < -0.3 is 10.5 Å². The Morgan fingerprint density at radius 1 is 1.40 bits per heavy atom. The van der Waals surface area contributed by atoms with Gasteiger partial charge in [-0.2, -0.15) is 0 Å². The largest absolute Gasteiger partial charge is 0.436 e. The zero-order chi connectivity index (χ0) is 14.7. The van der Waals surface area contributed by atoms with Crippen molar-refractivity contribution in [3.63, 3.8) is 0 Å². The number of rotatable bonds is 4. The zero-order valence-electron chi connectivity index (χ0n) is 11.3. The van der Waals surface area contributed by atoms with E-state index in [-0.39, 0.29) is 16.7 Å². The Kier molecular flexibility index (Phi) is 4.20. The molecule has 0 saturated heterocycles. The molecular formula is C14H15ClN4O. The van der Waals surface area contributed by atoms with Crippen molar-refractivity contribution in [2.45, 2.75) is 20.3 Å². The minimum atomic E-state index is -0.125. The van der Waals surface area contributed by atoms with Gasteiger partial charge in [-0.3, -0.25) is 10.4 Å². The third kappa shape index (κ3) is 2.88. The standard InChI is InChI=1S/C14H15ClN4O/c1-3-10-11(5-4-8(2)19-10)20-14-12(15)9(13(16)17)6-7-18-14/h4-7H,3H2,1-2H3,(H3,16,17). The van der Waals surface area contributed by atoms with Crippen molar-refractivity contribution in [1.29, 1.82) is 5.41 Å². The average Bonchev–Trinajstić information content (AvgIpc) is 2.42. The van der Waals surface area contributed by atoms with Crippen molar-refractivity contribution in [2.24, 2.45) is 5.73 Å². The third-order valence-electron chi connectivity index (χ3n) is 2.76. The lowest BCUT2D eigenvalue weighted by atomic mass is 10.2. The van der Waals surface area contributed by atoms with Crippen LogP contribution in [0.2, 0.25) is 5.02 Å². The highest BCUT2D eigenvalue weighted by molar-refractivity contribution is 6.35. The number of hydrogen-bond acceptors (Lipinski definition) is 4. The summed E-state index contributed by atoms with van der Waals surface area (Å²) in [6, 6.07) is 5.27. The van der Waals surface area contributed by atoms with Crippen molar-refractivity contribution >= 4 is 17.4 Å². The van der Waals surface area contributed by atoms with Gasteiger partial charge in [-0.05, 0) is 31.5 Å². The van der Waals surface area contributed by atoms with Crippen LogP contribution < -0.4 is 10.5 Å². The summed E-state index contributed by atoms with van der Waals surface area (Å²) in [4.78, 5) is 8.49. The summed E-state index contributed by atoms with van der Waals surface area (Å²) in [6.07, 6.45) is 2.24. The molecule has 0 radical (unpaired) electrons. The van der Waals surface area contributed by atoms with E-state index in [9.17, 15) is 0 Å². The lowest BCUT2D eigenvalue weighted by Crippen LogP contribution is -2.12. The molecule has 0 aromatic carbocycles. The van der Waals surface area contributed by atoms with Crippen LogP contribution in [0.25, 0.3) is 0 Å². The number of pyridine rings is 2. The Labute approximate surface area is 122 Å². The van der Waals surface area contributed by atoms with Crippen molar-refractivity contribution in [3.8, 4) is 11.6 Å². The summed E-state index contributed by atoms with van der Waals surface area (Å²) >= 11 is 6.15. The van der Waals surface area contributed by atoms with Crippen LogP contribution in [0.5, 0.6) is 11.6 Å². The molecule has 0 aliphatic carbocycles. The van der Waals surface area contributed by atoms with Gasteiger partial charge in [-0.15, -0.1) is 0 Å². The molecule has 104 valence electrons. The molecule has 5 nitrogen and oxygen atoms in total. The van der Waals surface area contributed by atoms with Gasteiger partial charge in [-0.25, -0.2) is 4.98 Å². The molecular weight excluding hydrogens is 276 g/mol. The van der Waals surface area contributed by atoms with Crippen molar-refractivity contribution < 1.29 is 4.74 Å². The molecule has 20 heavy (non-hydrogen) atoms. The number of nitrogen functional groups attached to an aromatic ring is 1. The first kappa shape index (κ1) is 14.3. The van der Waals surface area contributed by atoms with Gasteiger partial charge in [0.25, 0.3) is 0 Å². The van der Waals surface area contributed by atoms with Gasteiger partial charge in [0.2, 0.25) is 5.88 Å². The Hall–Kier alpha value is -2.14. The molecule has 0 fully saturated rings. The summed E-state index contributed by atoms with van der Waals surface area (Å²) in [5.74, 6) is 0.702. The number of amidine groups is 1. The van der Waals surface area contributed by atoms with Crippen LogP contribution in [0, 0.1) is 12.3 Å². The molecule has 0 saturated carbocycles. The van der Waals surface area contributed by atoms with E-state index in [2.05, 4.69) is 9.97 Å².